The van der Waals surface area contributed by atoms with Gasteiger partial charge in [-0.2, -0.15) is 0 Å². The first kappa shape index (κ1) is 21.1. The number of aromatic nitrogens is 3. The van der Waals surface area contributed by atoms with Crippen LogP contribution in [-0.4, -0.2) is 39.3 Å². The van der Waals surface area contributed by atoms with E-state index in [4.69, 9.17) is 4.74 Å². The van der Waals surface area contributed by atoms with Gasteiger partial charge in [0.25, 0.3) is 5.91 Å². The molecule has 1 N–H and O–H groups in total. The van der Waals surface area contributed by atoms with Crippen molar-refractivity contribution in [3.8, 4) is 5.75 Å². The Hall–Kier alpha value is -2.65. The van der Waals surface area contributed by atoms with Crippen molar-refractivity contribution in [3.63, 3.8) is 0 Å². The van der Waals surface area contributed by atoms with Crippen LogP contribution in [0.1, 0.15) is 26.5 Å². The highest BCUT2D eigenvalue weighted by Gasteiger charge is 2.14. The maximum atomic E-state index is 12.4. The third-order valence-electron chi connectivity index (χ3n) is 4.18. The van der Waals surface area contributed by atoms with E-state index in [1.807, 2.05) is 12.1 Å². The number of ketones is 1. The van der Waals surface area contributed by atoms with Gasteiger partial charge in [-0.3, -0.25) is 9.59 Å². The summed E-state index contributed by atoms with van der Waals surface area (Å²) in [7, 11) is 3.39. The van der Waals surface area contributed by atoms with Crippen molar-refractivity contribution in [2.24, 2.45) is 7.05 Å². The van der Waals surface area contributed by atoms with Gasteiger partial charge in [-0.25, -0.2) is 0 Å². The maximum absolute atomic E-state index is 12.4. The minimum Gasteiger partial charge on any atom is -0.497 e. The van der Waals surface area contributed by atoms with Crippen LogP contribution in [-0.2, 0) is 13.6 Å². The molecule has 0 aliphatic carbocycles. The minimum absolute atomic E-state index is 0.00857. The number of nitrogens with one attached hydrogen (secondary N) is 1. The first-order valence-corrected chi connectivity index (χ1v) is 10.5. The normalized spacial score (nSPS) is 10.6. The highest BCUT2D eigenvalue weighted by atomic mass is 79.9. The molecule has 0 aliphatic rings. The number of halogens is 1. The van der Waals surface area contributed by atoms with Gasteiger partial charge in [0, 0.05) is 22.6 Å². The second kappa shape index (κ2) is 9.71. The second-order valence-electron chi connectivity index (χ2n) is 6.09. The SMILES string of the molecule is COc1ccc(C(=O)CSc2nnc(CNC(=O)c3ccc(Br)cc3)n2C)cc1. The number of hydrogen-bond donors (Lipinski definition) is 1. The summed E-state index contributed by atoms with van der Waals surface area (Å²) >= 11 is 4.65. The van der Waals surface area contributed by atoms with E-state index >= 15 is 0 Å². The van der Waals surface area contributed by atoms with Crippen LogP contribution in [0.15, 0.2) is 58.2 Å². The topological polar surface area (TPSA) is 86.1 Å². The number of carbonyl (C=O) groups is 2. The van der Waals surface area contributed by atoms with Gasteiger partial charge >= 0.3 is 0 Å². The first-order chi connectivity index (χ1) is 14.0. The molecule has 0 bridgehead atoms. The Morgan fingerprint density at radius 1 is 1.07 bits per heavy atom. The maximum Gasteiger partial charge on any atom is 0.251 e. The molecule has 1 amide bonds. The largest absolute Gasteiger partial charge is 0.497 e. The number of benzene rings is 2. The summed E-state index contributed by atoms with van der Waals surface area (Å²) in [5.41, 5.74) is 1.18. The number of rotatable bonds is 8. The van der Waals surface area contributed by atoms with Crippen LogP contribution in [0.25, 0.3) is 0 Å². The molecule has 29 heavy (non-hydrogen) atoms. The van der Waals surface area contributed by atoms with Crippen LogP contribution in [0.5, 0.6) is 5.75 Å². The third-order valence-corrected chi connectivity index (χ3v) is 5.73. The Morgan fingerprint density at radius 3 is 2.38 bits per heavy atom. The fourth-order valence-corrected chi connectivity index (χ4v) is 3.57. The summed E-state index contributed by atoms with van der Waals surface area (Å²) in [6, 6.07) is 14.1. The van der Waals surface area contributed by atoms with Crippen molar-refractivity contribution >= 4 is 39.4 Å². The monoisotopic (exact) mass is 474 g/mol. The molecular formula is C20H19BrN4O3S. The molecule has 3 aromatic rings. The van der Waals surface area contributed by atoms with Crippen molar-refractivity contribution in [1.29, 1.82) is 0 Å². The number of Topliss-reactive ketones (excluding diaryl/α,β-unsaturated/α-hetero) is 1. The number of thioether (sulfide) groups is 1. The van der Waals surface area contributed by atoms with Gasteiger partial charge in [0.2, 0.25) is 0 Å². The summed E-state index contributed by atoms with van der Waals surface area (Å²) in [5.74, 6) is 1.35. The van der Waals surface area contributed by atoms with Gasteiger partial charge in [0.15, 0.2) is 16.8 Å². The Labute approximate surface area is 181 Å². The molecular weight excluding hydrogens is 456 g/mol. The lowest BCUT2D eigenvalue weighted by molar-refractivity contribution is 0.0948. The van der Waals surface area contributed by atoms with Crippen LogP contribution in [0, 0.1) is 0 Å². The highest BCUT2D eigenvalue weighted by molar-refractivity contribution is 9.10. The van der Waals surface area contributed by atoms with E-state index in [0.29, 0.717) is 27.9 Å². The number of nitrogens with zero attached hydrogens (tertiary/aromatic N) is 3. The van der Waals surface area contributed by atoms with E-state index in [9.17, 15) is 9.59 Å². The van der Waals surface area contributed by atoms with Crippen LogP contribution < -0.4 is 10.1 Å². The molecule has 0 radical (unpaired) electrons. The molecule has 0 spiro atoms. The van der Waals surface area contributed by atoms with Crippen LogP contribution in [0.2, 0.25) is 0 Å². The molecule has 9 heteroatoms. The summed E-state index contributed by atoms with van der Waals surface area (Å²) in [5, 5.41) is 11.7. The van der Waals surface area contributed by atoms with Gasteiger partial charge < -0.3 is 14.6 Å². The van der Waals surface area contributed by atoms with E-state index in [1.165, 1.54) is 11.8 Å². The standard InChI is InChI=1S/C20H19BrN4O3S/c1-25-18(11-22-19(27)14-3-7-15(21)8-4-14)23-24-20(25)29-12-17(26)13-5-9-16(28-2)10-6-13/h3-10H,11-12H2,1-2H3,(H,22,27). The van der Waals surface area contributed by atoms with Crippen molar-refractivity contribution in [3.05, 3.63) is 70.0 Å². The molecule has 0 unspecified atom stereocenters. The second-order valence-corrected chi connectivity index (χ2v) is 7.95. The molecule has 3 rings (SSSR count). The fraction of sp³-hybridized carbons (Fsp3) is 0.200. The number of ether oxygens (including phenoxy) is 1. The van der Waals surface area contributed by atoms with Gasteiger partial charge in [-0.1, -0.05) is 27.7 Å². The zero-order valence-electron chi connectivity index (χ0n) is 15.9. The third kappa shape index (κ3) is 5.45. The Kier molecular flexibility index (Phi) is 7.05. The molecule has 0 aliphatic heterocycles. The van der Waals surface area contributed by atoms with E-state index < -0.39 is 0 Å². The fourth-order valence-electron chi connectivity index (χ4n) is 2.48. The van der Waals surface area contributed by atoms with E-state index in [-0.39, 0.29) is 24.0 Å². The molecule has 0 atom stereocenters. The number of hydrogen-bond acceptors (Lipinski definition) is 6. The summed E-state index contributed by atoms with van der Waals surface area (Å²) in [4.78, 5) is 24.6. The van der Waals surface area contributed by atoms with Crippen molar-refractivity contribution in [1.82, 2.24) is 20.1 Å². The average Bonchev–Trinajstić information content (AvgIpc) is 3.10. The number of carbonyl (C=O) groups excluding carboxylic acids is 2. The van der Waals surface area contributed by atoms with Gasteiger partial charge in [-0.05, 0) is 48.5 Å². The lowest BCUT2D eigenvalue weighted by Crippen LogP contribution is -2.24. The molecule has 0 saturated carbocycles. The Morgan fingerprint density at radius 2 is 1.72 bits per heavy atom. The number of methoxy groups -OCH3 is 1. The molecule has 0 saturated heterocycles. The van der Waals surface area contributed by atoms with E-state index in [1.54, 1.807) is 55.1 Å². The molecule has 0 fully saturated rings. The van der Waals surface area contributed by atoms with Crippen molar-refractivity contribution < 1.29 is 14.3 Å². The molecule has 2 aromatic carbocycles. The summed E-state index contributed by atoms with van der Waals surface area (Å²) < 4.78 is 7.78. The van der Waals surface area contributed by atoms with Crippen molar-refractivity contribution in [2.75, 3.05) is 12.9 Å². The van der Waals surface area contributed by atoms with E-state index in [2.05, 4.69) is 31.4 Å². The smallest absolute Gasteiger partial charge is 0.251 e. The summed E-state index contributed by atoms with van der Waals surface area (Å²) in [6.45, 7) is 0.241. The number of amides is 1. The lowest BCUT2D eigenvalue weighted by atomic mass is 10.1. The minimum atomic E-state index is -0.190. The van der Waals surface area contributed by atoms with Crippen LogP contribution in [0.4, 0.5) is 0 Å². The average molecular weight is 475 g/mol. The predicted molar refractivity (Wildman–Crippen MR) is 114 cm³/mol. The molecule has 1 aromatic heterocycles. The first-order valence-electron chi connectivity index (χ1n) is 8.70. The zero-order chi connectivity index (χ0) is 20.8. The Bertz CT molecular complexity index is 1000. The molecule has 7 nitrogen and oxygen atoms in total. The zero-order valence-corrected chi connectivity index (χ0v) is 18.3. The van der Waals surface area contributed by atoms with Crippen LogP contribution >= 0.6 is 27.7 Å². The van der Waals surface area contributed by atoms with Gasteiger partial charge in [-0.15, -0.1) is 10.2 Å². The molecule has 1 heterocycles. The summed E-state index contributed by atoms with van der Waals surface area (Å²) in [6.07, 6.45) is 0. The quantitative estimate of drug-likeness (QED) is 0.397. The van der Waals surface area contributed by atoms with Gasteiger partial charge in [0.05, 0.1) is 19.4 Å². The van der Waals surface area contributed by atoms with Crippen molar-refractivity contribution in [2.45, 2.75) is 11.7 Å². The highest BCUT2D eigenvalue weighted by Crippen LogP contribution is 2.19. The van der Waals surface area contributed by atoms with Gasteiger partial charge in [0.1, 0.15) is 5.75 Å². The lowest BCUT2D eigenvalue weighted by Gasteiger charge is -2.06. The Balaban J connectivity index is 1.55. The molecule has 150 valence electrons. The predicted octanol–water partition coefficient (Wildman–Crippen LogP) is 3.49. The van der Waals surface area contributed by atoms with Crippen LogP contribution in [0.3, 0.4) is 0 Å². The van der Waals surface area contributed by atoms with E-state index in [0.717, 1.165) is 4.47 Å².